The van der Waals surface area contributed by atoms with Crippen molar-refractivity contribution in [3.63, 3.8) is 0 Å². The molecule has 6 heteroatoms. The Morgan fingerprint density at radius 3 is 2.31 bits per heavy atom. The van der Waals surface area contributed by atoms with Crippen molar-refractivity contribution in [1.29, 1.82) is 0 Å². The van der Waals surface area contributed by atoms with Gasteiger partial charge in [-0.05, 0) is 12.1 Å². The van der Waals surface area contributed by atoms with Crippen LogP contribution in [-0.2, 0) is 0 Å². The first-order valence-corrected chi connectivity index (χ1v) is 3.37. The van der Waals surface area contributed by atoms with Crippen molar-refractivity contribution in [1.82, 2.24) is 5.45 Å². The Labute approximate surface area is 72.7 Å². The second kappa shape index (κ2) is 3.99. The summed E-state index contributed by atoms with van der Waals surface area (Å²) in [5, 5.41) is -0.807. The lowest BCUT2D eigenvalue weighted by Crippen LogP contribution is -2.22. The van der Waals surface area contributed by atoms with Gasteiger partial charge in [0.05, 0.1) is 7.11 Å². The number of rotatable bonds is 3. The van der Waals surface area contributed by atoms with Crippen LogP contribution in [0.5, 0.6) is 5.75 Å². The van der Waals surface area contributed by atoms with Gasteiger partial charge in [-0.25, -0.2) is 0 Å². The van der Waals surface area contributed by atoms with Crippen molar-refractivity contribution in [3.8, 4) is 5.75 Å². The van der Waals surface area contributed by atoms with Crippen LogP contribution in [0.4, 0.5) is 19.1 Å². The van der Waals surface area contributed by atoms with Gasteiger partial charge in [-0.2, -0.15) is 0 Å². The number of anilines is 1. The fraction of sp³-hybridized carbons (Fsp3) is 0.143. The SMILES string of the molecule is COc1ccccc1N(F)N(F)F. The molecule has 0 aromatic heterocycles. The first kappa shape index (κ1) is 9.66. The molecular weight excluding hydrogens is 185 g/mol. The molecule has 0 saturated heterocycles. The zero-order valence-electron chi connectivity index (χ0n) is 6.75. The first-order chi connectivity index (χ1) is 6.16. The number of benzene rings is 1. The summed E-state index contributed by atoms with van der Waals surface area (Å²) in [6, 6.07) is 5.53. The highest BCUT2D eigenvalue weighted by Gasteiger charge is 2.18. The summed E-state index contributed by atoms with van der Waals surface area (Å²) >= 11 is 0. The van der Waals surface area contributed by atoms with E-state index >= 15 is 0 Å². The van der Waals surface area contributed by atoms with Crippen molar-refractivity contribution >= 4 is 5.69 Å². The zero-order chi connectivity index (χ0) is 9.84. The lowest BCUT2D eigenvalue weighted by Gasteiger charge is -2.14. The van der Waals surface area contributed by atoms with Crippen LogP contribution in [0.25, 0.3) is 0 Å². The Morgan fingerprint density at radius 2 is 1.77 bits per heavy atom. The first-order valence-electron chi connectivity index (χ1n) is 3.37. The molecule has 0 aliphatic rings. The number of nitrogens with zero attached hydrogens (tertiary/aromatic N) is 2. The van der Waals surface area contributed by atoms with Crippen LogP contribution in [-0.4, -0.2) is 12.6 Å². The third-order valence-electron chi connectivity index (χ3n) is 1.42. The van der Waals surface area contributed by atoms with E-state index in [1.54, 1.807) is 6.07 Å². The maximum Gasteiger partial charge on any atom is 0.151 e. The monoisotopic (exact) mass is 192 g/mol. The van der Waals surface area contributed by atoms with Crippen LogP contribution in [0.3, 0.4) is 0 Å². The summed E-state index contributed by atoms with van der Waals surface area (Å²) < 4.78 is 40.8. The van der Waals surface area contributed by atoms with Crippen LogP contribution < -0.4 is 9.97 Å². The number of ether oxygens (including phenoxy) is 1. The average molecular weight is 192 g/mol. The second-order valence-electron chi connectivity index (χ2n) is 2.15. The minimum Gasteiger partial charge on any atom is -0.494 e. The fourth-order valence-electron chi connectivity index (χ4n) is 0.864. The number of para-hydroxylation sites is 2. The average Bonchev–Trinajstić information content (AvgIpc) is 2.16. The molecule has 0 spiro atoms. The molecule has 0 N–H and O–H groups in total. The quantitative estimate of drug-likeness (QED) is 0.540. The highest BCUT2D eigenvalue weighted by Crippen LogP contribution is 2.29. The van der Waals surface area contributed by atoms with Gasteiger partial charge in [-0.15, -0.1) is 0 Å². The van der Waals surface area contributed by atoms with Gasteiger partial charge in [0.2, 0.25) is 0 Å². The normalized spacial score (nSPS) is 10.2. The van der Waals surface area contributed by atoms with Crippen molar-refractivity contribution in [2.75, 3.05) is 12.3 Å². The molecule has 0 radical (unpaired) electrons. The minimum atomic E-state index is -1.67. The van der Waals surface area contributed by atoms with E-state index in [0.717, 1.165) is 0 Å². The van der Waals surface area contributed by atoms with E-state index in [0.29, 0.717) is 0 Å². The predicted octanol–water partition coefficient (Wildman–Crippen LogP) is 2.37. The molecule has 0 fully saturated rings. The van der Waals surface area contributed by atoms with E-state index in [2.05, 4.69) is 4.74 Å². The smallest absolute Gasteiger partial charge is 0.151 e. The Morgan fingerprint density at radius 1 is 1.15 bits per heavy atom. The molecule has 0 saturated carbocycles. The molecule has 0 aliphatic carbocycles. The van der Waals surface area contributed by atoms with E-state index in [-0.39, 0.29) is 11.4 Å². The molecule has 1 rings (SSSR count). The third-order valence-corrected chi connectivity index (χ3v) is 1.42. The summed E-state index contributed by atoms with van der Waals surface area (Å²) in [4.78, 5) is 0. The van der Waals surface area contributed by atoms with E-state index in [4.69, 9.17) is 0 Å². The number of methoxy groups -OCH3 is 1. The van der Waals surface area contributed by atoms with E-state index in [9.17, 15) is 13.4 Å². The summed E-state index contributed by atoms with van der Waals surface area (Å²) in [7, 11) is 1.27. The van der Waals surface area contributed by atoms with Crippen LogP contribution in [0.1, 0.15) is 0 Å². The standard InChI is InChI=1S/C7H7F3N2O/c1-13-7-5-3-2-4-6(7)11(8)12(9)10/h2-5H,1H3. The molecule has 0 unspecified atom stereocenters. The minimum absolute atomic E-state index is 0.0327. The van der Waals surface area contributed by atoms with Crippen LogP contribution in [0.2, 0.25) is 0 Å². The number of hydrazine groups is 1. The summed E-state index contributed by atoms with van der Waals surface area (Å²) in [5.41, 5.74) is -2.02. The van der Waals surface area contributed by atoms with Gasteiger partial charge >= 0.3 is 0 Å². The highest BCUT2D eigenvalue weighted by atomic mass is 19.4. The van der Waals surface area contributed by atoms with Gasteiger partial charge in [0, 0.05) is 0 Å². The van der Waals surface area contributed by atoms with Gasteiger partial charge in [-0.1, -0.05) is 30.8 Å². The van der Waals surface area contributed by atoms with E-state index < -0.39 is 10.7 Å². The van der Waals surface area contributed by atoms with Gasteiger partial charge in [0.1, 0.15) is 11.4 Å². The Bertz CT molecular complexity index is 282. The largest absolute Gasteiger partial charge is 0.494 e. The maximum absolute atomic E-state index is 12.6. The molecule has 72 valence electrons. The highest BCUT2D eigenvalue weighted by molar-refractivity contribution is 5.55. The topological polar surface area (TPSA) is 15.7 Å². The van der Waals surface area contributed by atoms with Crippen LogP contribution >= 0.6 is 0 Å². The predicted molar refractivity (Wildman–Crippen MR) is 40.6 cm³/mol. The Balaban J connectivity index is 2.98. The van der Waals surface area contributed by atoms with E-state index in [1.165, 1.54) is 25.3 Å². The summed E-state index contributed by atoms with van der Waals surface area (Å²) in [6.45, 7) is 0. The Hall–Kier alpha value is -1.43. The second-order valence-corrected chi connectivity index (χ2v) is 2.15. The molecular formula is C7H7F3N2O. The van der Waals surface area contributed by atoms with Crippen molar-refractivity contribution in [2.24, 2.45) is 0 Å². The molecule has 0 amide bonds. The summed E-state index contributed by atoms with van der Waals surface area (Å²) in [5.74, 6) is 0.0327. The molecule has 0 atom stereocenters. The van der Waals surface area contributed by atoms with Crippen LogP contribution in [0.15, 0.2) is 24.3 Å². The zero-order valence-corrected chi connectivity index (χ0v) is 6.75. The van der Waals surface area contributed by atoms with Crippen LogP contribution in [0, 0.1) is 0 Å². The van der Waals surface area contributed by atoms with Gasteiger partial charge < -0.3 is 4.74 Å². The molecule has 1 aromatic rings. The maximum atomic E-state index is 12.6. The molecule has 3 nitrogen and oxygen atoms in total. The molecule has 13 heavy (non-hydrogen) atoms. The molecule has 0 aliphatic heterocycles. The van der Waals surface area contributed by atoms with Crippen molar-refractivity contribution < 1.29 is 18.2 Å². The van der Waals surface area contributed by atoms with Gasteiger partial charge in [0.25, 0.3) is 0 Å². The van der Waals surface area contributed by atoms with Crippen molar-refractivity contribution in [3.05, 3.63) is 24.3 Å². The third kappa shape index (κ3) is 2.03. The lowest BCUT2D eigenvalue weighted by molar-refractivity contribution is -0.196. The number of halogens is 3. The van der Waals surface area contributed by atoms with Gasteiger partial charge in [-0.3, -0.25) is 0 Å². The Kier molecular flexibility index (Phi) is 2.97. The van der Waals surface area contributed by atoms with E-state index in [1.807, 2.05) is 0 Å². The lowest BCUT2D eigenvalue weighted by atomic mass is 10.3. The molecule has 1 aromatic carbocycles. The number of hydrogen-bond donors (Lipinski definition) is 0. The molecule has 0 bridgehead atoms. The summed E-state index contributed by atoms with van der Waals surface area (Å²) in [6.07, 6.45) is 0. The fourth-order valence-corrected chi connectivity index (χ4v) is 0.864. The van der Waals surface area contributed by atoms with Gasteiger partial charge in [0.15, 0.2) is 5.45 Å². The van der Waals surface area contributed by atoms with Crippen molar-refractivity contribution in [2.45, 2.75) is 0 Å². The molecule has 0 heterocycles. The number of hydrogen-bond acceptors (Lipinski definition) is 3.